The van der Waals surface area contributed by atoms with E-state index in [1.807, 2.05) is 4.90 Å². The summed E-state index contributed by atoms with van der Waals surface area (Å²) in [5, 5.41) is 0.503. The molecule has 0 atom stereocenters. The van der Waals surface area contributed by atoms with Crippen molar-refractivity contribution in [1.29, 1.82) is 0 Å². The van der Waals surface area contributed by atoms with Gasteiger partial charge in [-0.2, -0.15) is 4.31 Å². The van der Waals surface area contributed by atoms with Crippen LogP contribution >= 0.6 is 0 Å². The highest BCUT2D eigenvalue weighted by molar-refractivity contribution is 7.88. The number of benzene rings is 2. The topological polar surface area (TPSA) is 78.2 Å². The number of hydrogen-bond acceptors (Lipinski definition) is 5. The molecule has 2 aromatic carbocycles. The molecule has 0 N–H and O–H groups in total. The van der Waals surface area contributed by atoms with Crippen molar-refractivity contribution in [3.8, 4) is 0 Å². The Balaban J connectivity index is 1.48. The number of aromatic nitrogens is 1. The molecular weight excluding hydrogens is 512 g/mol. The molecule has 2 aliphatic rings. The largest absolute Gasteiger partial charge is 0.370 e. The summed E-state index contributed by atoms with van der Waals surface area (Å²) in [5.41, 5.74) is 1.35. The predicted octanol–water partition coefficient (Wildman–Crippen LogP) is 3.65. The fraction of sp³-hybridized carbons (Fsp3) is 0.370. The molecule has 2 aliphatic heterocycles. The van der Waals surface area contributed by atoms with Crippen molar-refractivity contribution >= 4 is 32.5 Å². The summed E-state index contributed by atoms with van der Waals surface area (Å²) in [4.78, 5) is 25.6. The van der Waals surface area contributed by atoms with Gasteiger partial charge in [0.05, 0.1) is 23.0 Å². The second-order valence-corrected chi connectivity index (χ2v) is 11.8. The van der Waals surface area contributed by atoms with E-state index in [9.17, 15) is 22.0 Å². The van der Waals surface area contributed by atoms with Crippen LogP contribution in [0.1, 0.15) is 28.8 Å². The highest BCUT2D eigenvalue weighted by Crippen LogP contribution is 2.41. The summed E-state index contributed by atoms with van der Waals surface area (Å²) >= 11 is 0. The molecule has 2 fully saturated rings. The highest BCUT2D eigenvalue weighted by Gasteiger charge is 2.43. The number of piperidine rings is 1. The quantitative estimate of drug-likeness (QED) is 0.473. The van der Waals surface area contributed by atoms with E-state index in [-0.39, 0.29) is 37.9 Å². The molecule has 0 saturated carbocycles. The Kier molecular flexibility index (Phi) is 6.79. The lowest BCUT2D eigenvalue weighted by molar-refractivity contribution is 0.0698. The minimum Gasteiger partial charge on any atom is -0.370 e. The number of halogens is 2. The van der Waals surface area contributed by atoms with Crippen LogP contribution in [-0.2, 0) is 15.6 Å². The van der Waals surface area contributed by atoms with Gasteiger partial charge in [-0.1, -0.05) is 0 Å². The van der Waals surface area contributed by atoms with Gasteiger partial charge in [-0.3, -0.25) is 9.78 Å². The molecule has 3 heterocycles. The first-order valence-corrected chi connectivity index (χ1v) is 14.2. The summed E-state index contributed by atoms with van der Waals surface area (Å²) in [5.74, 6) is -1.12. The number of pyridine rings is 1. The zero-order valence-electron chi connectivity index (χ0n) is 20.9. The smallest absolute Gasteiger partial charge is 0.260 e. The third-order valence-corrected chi connectivity index (χ3v) is 8.83. The fourth-order valence-corrected chi connectivity index (χ4v) is 6.19. The van der Waals surface area contributed by atoms with E-state index >= 15 is 0 Å². The maximum absolute atomic E-state index is 14.4. The van der Waals surface area contributed by atoms with Crippen molar-refractivity contribution in [2.24, 2.45) is 0 Å². The van der Waals surface area contributed by atoms with Gasteiger partial charge in [0, 0.05) is 69.3 Å². The molecule has 0 spiro atoms. The van der Waals surface area contributed by atoms with Gasteiger partial charge >= 0.3 is 0 Å². The minimum absolute atomic E-state index is 0.199. The number of carbonyl (C=O) groups excluding carboxylic acids is 1. The van der Waals surface area contributed by atoms with Crippen LogP contribution in [0.5, 0.6) is 0 Å². The summed E-state index contributed by atoms with van der Waals surface area (Å²) in [6, 6.07) is 10.3. The zero-order chi connectivity index (χ0) is 27.1. The first kappa shape index (κ1) is 26.0. The molecule has 8 nitrogen and oxygen atoms in total. The number of carbonyl (C=O) groups is 1. The summed E-state index contributed by atoms with van der Waals surface area (Å²) in [6.45, 7) is 9.64. The molecular formula is C27H27F2N5O3S. The van der Waals surface area contributed by atoms with Gasteiger partial charge in [-0.15, -0.1) is 0 Å². The Hall–Kier alpha value is -3.62. The van der Waals surface area contributed by atoms with Crippen molar-refractivity contribution in [1.82, 2.24) is 14.2 Å². The van der Waals surface area contributed by atoms with E-state index < -0.39 is 21.4 Å². The SMILES string of the molecule is [C-]#[N+]C1(c2ccc(F)cc2)CCN(c2c(C(=O)N3CCN(S(C)(=O)=O)CC3)cnc3ccc(F)cc23)CC1. The van der Waals surface area contributed by atoms with Crippen molar-refractivity contribution in [2.75, 3.05) is 50.4 Å². The molecule has 3 aromatic rings. The van der Waals surface area contributed by atoms with E-state index in [0.29, 0.717) is 48.1 Å². The molecule has 2 saturated heterocycles. The first-order valence-electron chi connectivity index (χ1n) is 12.3. The molecule has 1 aromatic heterocycles. The highest BCUT2D eigenvalue weighted by atomic mass is 32.2. The van der Waals surface area contributed by atoms with E-state index in [2.05, 4.69) is 9.83 Å². The minimum atomic E-state index is -3.35. The molecule has 1 amide bonds. The lowest BCUT2D eigenvalue weighted by atomic mass is 9.81. The van der Waals surface area contributed by atoms with Gasteiger partial charge in [0.1, 0.15) is 11.6 Å². The number of fused-ring (bicyclic) bond motifs is 1. The average molecular weight is 540 g/mol. The predicted molar refractivity (Wildman–Crippen MR) is 140 cm³/mol. The van der Waals surface area contributed by atoms with Crippen LogP contribution in [0.3, 0.4) is 0 Å². The summed E-state index contributed by atoms with van der Waals surface area (Å²) < 4.78 is 53.0. The number of rotatable bonds is 4. The number of hydrogen-bond donors (Lipinski definition) is 0. The Labute approximate surface area is 220 Å². The molecule has 5 rings (SSSR count). The fourth-order valence-electron chi connectivity index (χ4n) is 5.37. The van der Waals surface area contributed by atoms with E-state index in [1.165, 1.54) is 34.8 Å². The third-order valence-electron chi connectivity index (χ3n) is 7.53. The molecule has 38 heavy (non-hydrogen) atoms. The molecule has 11 heteroatoms. The van der Waals surface area contributed by atoms with Crippen LogP contribution in [0.2, 0.25) is 0 Å². The Morgan fingerprint density at radius 1 is 0.974 bits per heavy atom. The van der Waals surface area contributed by atoms with Crippen LogP contribution < -0.4 is 4.90 Å². The molecule has 0 bridgehead atoms. The standard InChI is InChI=1S/C27H27F2N5O3S/c1-30-27(19-3-5-20(28)6-4-19)9-11-32(12-10-27)25-22-17-21(29)7-8-24(22)31-18-23(25)26(35)33-13-15-34(16-14-33)38(2,36)37/h3-8,17-18H,9-16H2,2H3. The van der Waals surface area contributed by atoms with Crippen molar-refractivity contribution in [3.05, 3.63) is 82.8 Å². The van der Waals surface area contributed by atoms with Gasteiger partial charge in [-0.05, 0) is 42.5 Å². The number of sulfonamides is 1. The van der Waals surface area contributed by atoms with Crippen molar-refractivity contribution in [3.63, 3.8) is 0 Å². The van der Waals surface area contributed by atoms with Gasteiger partial charge in [0.25, 0.3) is 11.4 Å². The zero-order valence-corrected chi connectivity index (χ0v) is 21.7. The van der Waals surface area contributed by atoms with Crippen LogP contribution in [0.25, 0.3) is 15.7 Å². The van der Waals surface area contributed by atoms with Crippen molar-refractivity contribution in [2.45, 2.75) is 18.4 Å². The van der Waals surface area contributed by atoms with E-state index in [4.69, 9.17) is 6.57 Å². The van der Waals surface area contributed by atoms with Gasteiger partial charge < -0.3 is 14.6 Å². The molecule has 0 radical (unpaired) electrons. The summed E-state index contributed by atoms with van der Waals surface area (Å²) in [7, 11) is -3.35. The number of nitrogens with zero attached hydrogens (tertiary/aromatic N) is 5. The number of anilines is 1. The molecule has 198 valence electrons. The lowest BCUT2D eigenvalue weighted by Gasteiger charge is -2.38. The molecule has 0 aliphatic carbocycles. The van der Waals surface area contributed by atoms with Crippen molar-refractivity contribution < 1.29 is 22.0 Å². The van der Waals surface area contributed by atoms with Gasteiger partial charge in [-0.25, -0.2) is 23.8 Å². The number of amides is 1. The average Bonchev–Trinajstić information content (AvgIpc) is 2.92. The Morgan fingerprint density at radius 3 is 2.21 bits per heavy atom. The lowest BCUT2D eigenvalue weighted by Crippen LogP contribution is -2.50. The second-order valence-electron chi connectivity index (χ2n) is 9.77. The van der Waals surface area contributed by atoms with E-state index in [0.717, 1.165) is 11.8 Å². The monoisotopic (exact) mass is 539 g/mol. The van der Waals surface area contributed by atoms with Crippen LogP contribution in [-0.4, -0.2) is 74.0 Å². The van der Waals surface area contributed by atoms with Crippen LogP contribution in [0.4, 0.5) is 14.5 Å². The van der Waals surface area contributed by atoms with Crippen LogP contribution in [0.15, 0.2) is 48.7 Å². The second kappa shape index (κ2) is 9.93. The van der Waals surface area contributed by atoms with E-state index in [1.54, 1.807) is 23.1 Å². The third kappa shape index (κ3) is 4.81. The summed E-state index contributed by atoms with van der Waals surface area (Å²) in [6.07, 6.45) is 3.54. The number of piperazine rings is 1. The van der Waals surface area contributed by atoms with Gasteiger partial charge in [0.2, 0.25) is 10.0 Å². The maximum Gasteiger partial charge on any atom is 0.260 e. The Bertz CT molecular complexity index is 1520. The Morgan fingerprint density at radius 2 is 1.61 bits per heavy atom. The van der Waals surface area contributed by atoms with Crippen LogP contribution in [0, 0.1) is 18.2 Å². The normalized spacial score (nSPS) is 18.4. The first-order chi connectivity index (χ1) is 18.1. The molecule has 0 unspecified atom stereocenters. The van der Waals surface area contributed by atoms with Gasteiger partial charge in [0.15, 0.2) is 0 Å². The maximum atomic E-state index is 14.4.